The highest BCUT2D eigenvalue weighted by atomic mass is 35.5. The van der Waals surface area contributed by atoms with Crippen LogP contribution in [0.3, 0.4) is 0 Å². The molecule has 1 rings (SSSR count). The van der Waals surface area contributed by atoms with Crippen LogP contribution in [-0.4, -0.2) is 21.0 Å². The van der Waals surface area contributed by atoms with Gasteiger partial charge in [-0.05, 0) is 31.2 Å². The Bertz CT molecular complexity index is 551. The predicted molar refractivity (Wildman–Crippen MR) is 67.5 cm³/mol. The van der Waals surface area contributed by atoms with Crippen LogP contribution in [0.1, 0.15) is 6.92 Å². The van der Waals surface area contributed by atoms with Crippen molar-refractivity contribution < 1.29 is 17.9 Å². The number of nitrogens with one attached hydrogen (secondary N) is 1. The second-order valence-corrected chi connectivity index (χ2v) is 5.38. The summed E-state index contributed by atoms with van der Waals surface area (Å²) in [4.78, 5) is 11.2. The van der Waals surface area contributed by atoms with Crippen LogP contribution in [0.15, 0.2) is 41.4 Å². The number of carbonyl (C=O) groups is 1. The third kappa shape index (κ3) is 3.75. The summed E-state index contributed by atoms with van der Waals surface area (Å²) >= 11 is 5.65. The van der Waals surface area contributed by atoms with Gasteiger partial charge in [-0.1, -0.05) is 18.2 Å². The molecule has 0 saturated carbocycles. The van der Waals surface area contributed by atoms with E-state index in [1.165, 1.54) is 24.3 Å². The van der Waals surface area contributed by atoms with Gasteiger partial charge < -0.3 is 4.74 Å². The molecular weight excluding hydrogens is 278 g/mol. The van der Waals surface area contributed by atoms with Crippen molar-refractivity contribution in [3.63, 3.8) is 0 Å². The van der Waals surface area contributed by atoms with Crippen LogP contribution in [0.5, 0.6) is 0 Å². The van der Waals surface area contributed by atoms with Gasteiger partial charge in [0.2, 0.25) is 0 Å². The highest BCUT2D eigenvalue weighted by molar-refractivity contribution is 7.89. The summed E-state index contributed by atoms with van der Waals surface area (Å²) in [5.41, 5.74) is -0.341. The molecule has 0 bridgehead atoms. The van der Waals surface area contributed by atoms with Gasteiger partial charge in [-0.25, -0.2) is 13.2 Å². The van der Waals surface area contributed by atoms with Crippen LogP contribution in [0.2, 0.25) is 5.02 Å². The molecular formula is C11H12ClNO4S. The molecule has 0 aliphatic heterocycles. The Morgan fingerprint density at radius 2 is 1.94 bits per heavy atom. The van der Waals surface area contributed by atoms with E-state index < -0.39 is 16.0 Å². The van der Waals surface area contributed by atoms with E-state index in [1.807, 2.05) is 4.72 Å². The third-order valence-corrected chi connectivity index (χ3v) is 3.56. The van der Waals surface area contributed by atoms with Crippen molar-refractivity contribution in [3.8, 4) is 0 Å². The Kier molecular flexibility index (Phi) is 4.75. The molecule has 0 aromatic heterocycles. The molecule has 7 heteroatoms. The first kappa shape index (κ1) is 14.5. The van der Waals surface area contributed by atoms with Gasteiger partial charge in [0, 0.05) is 5.02 Å². The standard InChI is InChI=1S/C11H12ClNO4S/c1-3-17-11(14)8(2)13-18(15,16)10-6-4-9(12)5-7-10/h4-7,13H,2-3H2,1H3. The lowest BCUT2D eigenvalue weighted by atomic mass is 10.4. The van der Waals surface area contributed by atoms with Gasteiger partial charge in [-0.3, -0.25) is 4.72 Å². The Labute approximate surface area is 110 Å². The fraction of sp³-hybridized carbons (Fsp3) is 0.182. The van der Waals surface area contributed by atoms with Crippen LogP contribution < -0.4 is 4.72 Å². The van der Waals surface area contributed by atoms with Gasteiger partial charge in [0.25, 0.3) is 10.0 Å². The van der Waals surface area contributed by atoms with Gasteiger partial charge in [-0.2, -0.15) is 0 Å². The highest BCUT2D eigenvalue weighted by Gasteiger charge is 2.18. The maximum atomic E-state index is 11.8. The molecule has 0 atom stereocenters. The molecule has 0 heterocycles. The molecule has 5 nitrogen and oxygen atoms in total. The fourth-order valence-corrected chi connectivity index (χ4v) is 2.24. The van der Waals surface area contributed by atoms with Crippen LogP contribution in [0.4, 0.5) is 0 Å². The highest BCUT2D eigenvalue weighted by Crippen LogP contribution is 2.14. The summed E-state index contributed by atoms with van der Waals surface area (Å²) in [5.74, 6) is -0.810. The van der Waals surface area contributed by atoms with Gasteiger partial charge in [0.1, 0.15) is 5.70 Å². The molecule has 0 aliphatic carbocycles. The number of rotatable bonds is 5. The predicted octanol–water partition coefficient (Wildman–Crippen LogP) is 1.70. The van der Waals surface area contributed by atoms with Crippen molar-refractivity contribution in [2.75, 3.05) is 6.61 Å². The minimum atomic E-state index is -3.85. The number of hydrogen-bond acceptors (Lipinski definition) is 4. The van der Waals surface area contributed by atoms with Crippen molar-refractivity contribution in [1.82, 2.24) is 4.72 Å². The normalized spacial score (nSPS) is 10.8. The van der Waals surface area contributed by atoms with Crippen LogP contribution in [0, 0.1) is 0 Å². The smallest absolute Gasteiger partial charge is 0.354 e. The number of halogens is 1. The van der Waals surface area contributed by atoms with E-state index in [4.69, 9.17) is 11.6 Å². The average Bonchev–Trinajstić information content (AvgIpc) is 2.29. The van der Waals surface area contributed by atoms with Gasteiger partial charge in [-0.15, -0.1) is 0 Å². The molecule has 0 radical (unpaired) electrons. The quantitative estimate of drug-likeness (QED) is 0.661. The van der Waals surface area contributed by atoms with Crippen molar-refractivity contribution >= 4 is 27.6 Å². The molecule has 0 aliphatic rings. The van der Waals surface area contributed by atoms with Crippen molar-refractivity contribution in [2.24, 2.45) is 0 Å². The molecule has 0 spiro atoms. The molecule has 1 aromatic carbocycles. The van der Waals surface area contributed by atoms with Crippen LogP contribution in [0.25, 0.3) is 0 Å². The zero-order valence-corrected chi connectivity index (χ0v) is 11.2. The van der Waals surface area contributed by atoms with E-state index in [1.54, 1.807) is 6.92 Å². The molecule has 0 unspecified atom stereocenters. The average molecular weight is 290 g/mol. The zero-order valence-electron chi connectivity index (χ0n) is 9.64. The monoisotopic (exact) mass is 289 g/mol. The van der Waals surface area contributed by atoms with E-state index in [-0.39, 0.29) is 17.2 Å². The lowest BCUT2D eigenvalue weighted by molar-refractivity contribution is -0.138. The first-order chi connectivity index (χ1) is 8.36. The fourth-order valence-electron chi connectivity index (χ4n) is 1.09. The zero-order chi connectivity index (χ0) is 13.8. The van der Waals surface area contributed by atoms with Gasteiger partial charge in [0.05, 0.1) is 11.5 Å². The Morgan fingerprint density at radius 3 is 2.44 bits per heavy atom. The summed E-state index contributed by atoms with van der Waals surface area (Å²) in [5, 5.41) is 0.415. The van der Waals surface area contributed by atoms with Crippen molar-refractivity contribution in [2.45, 2.75) is 11.8 Å². The number of carbonyl (C=O) groups excluding carboxylic acids is 1. The van der Waals surface area contributed by atoms with E-state index in [2.05, 4.69) is 11.3 Å². The topological polar surface area (TPSA) is 72.5 Å². The van der Waals surface area contributed by atoms with Gasteiger partial charge >= 0.3 is 5.97 Å². The number of sulfonamides is 1. The van der Waals surface area contributed by atoms with Crippen molar-refractivity contribution in [1.29, 1.82) is 0 Å². The summed E-state index contributed by atoms with van der Waals surface area (Å²) < 4.78 is 30.3. The van der Waals surface area contributed by atoms with Crippen LogP contribution in [-0.2, 0) is 19.6 Å². The minimum absolute atomic E-state index is 0.0163. The molecule has 1 aromatic rings. The van der Waals surface area contributed by atoms with Crippen molar-refractivity contribution in [3.05, 3.63) is 41.6 Å². The maximum Gasteiger partial charge on any atom is 0.354 e. The lowest BCUT2D eigenvalue weighted by Gasteiger charge is -2.09. The Balaban J connectivity index is 2.86. The third-order valence-electron chi connectivity index (χ3n) is 1.90. The van der Waals surface area contributed by atoms with Crippen LogP contribution >= 0.6 is 11.6 Å². The first-order valence-corrected chi connectivity index (χ1v) is 6.87. The molecule has 98 valence electrons. The Hall–Kier alpha value is -1.53. The second kappa shape index (κ2) is 5.88. The summed E-state index contributed by atoms with van der Waals surface area (Å²) in [6.45, 7) is 5.06. The summed E-state index contributed by atoms with van der Waals surface area (Å²) in [6.07, 6.45) is 0. The number of benzene rings is 1. The number of esters is 1. The SMILES string of the molecule is C=C(NS(=O)(=O)c1ccc(Cl)cc1)C(=O)OCC. The largest absolute Gasteiger partial charge is 0.461 e. The summed E-state index contributed by atoms with van der Waals surface area (Å²) in [7, 11) is -3.85. The van der Waals surface area contributed by atoms with E-state index >= 15 is 0 Å². The molecule has 0 fully saturated rings. The second-order valence-electron chi connectivity index (χ2n) is 3.26. The molecule has 0 amide bonds. The summed E-state index contributed by atoms with van der Waals surface area (Å²) in [6, 6.07) is 5.51. The molecule has 18 heavy (non-hydrogen) atoms. The van der Waals surface area contributed by atoms with Gasteiger partial charge in [0.15, 0.2) is 0 Å². The molecule has 1 N–H and O–H groups in total. The Morgan fingerprint density at radius 1 is 1.39 bits per heavy atom. The number of hydrogen-bond donors (Lipinski definition) is 1. The number of ether oxygens (including phenoxy) is 1. The minimum Gasteiger partial charge on any atom is -0.461 e. The van der Waals surface area contributed by atoms with E-state index in [0.29, 0.717) is 5.02 Å². The molecule has 0 saturated heterocycles. The van der Waals surface area contributed by atoms with E-state index in [0.717, 1.165) is 0 Å². The van der Waals surface area contributed by atoms with E-state index in [9.17, 15) is 13.2 Å². The maximum absolute atomic E-state index is 11.8. The first-order valence-electron chi connectivity index (χ1n) is 5.01. The lowest BCUT2D eigenvalue weighted by Crippen LogP contribution is -2.28.